The molecule has 3 aliphatic heterocycles. The first-order valence-corrected chi connectivity index (χ1v) is 10.3. The summed E-state index contributed by atoms with van der Waals surface area (Å²) >= 11 is 0. The minimum Gasteiger partial charge on any atom is -0.406 e. The van der Waals surface area contributed by atoms with Crippen LogP contribution in [0.25, 0.3) is 0 Å². The Morgan fingerprint density at radius 1 is 1.20 bits per heavy atom. The lowest BCUT2D eigenvalue weighted by molar-refractivity contribution is -0.274. The molecule has 30 heavy (non-hydrogen) atoms. The Kier molecular flexibility index (Phi) is 5.96. The molecule has 0 bridgehead atoms. The molecule has 4 rings (SSSR count). The highest BCUT2D eigenvalue weighted by Gasteiger charge is 2.62. The Hall–Kier alpha value is -1.84. The van der Waals surface area contributed by atoms with Gasteiger partial charge in [0.25, 0.3) is 5.91 Å². The Labute approximate surface area is 173 Å². The van der Waals surface area contributed by atoms with Gasteiger partial charge in [0.05, 0.1) is 5.54 Å². The van der Waals surface area contributed by atoms with E-state index in [1.807, 2.05) is 4.90 Å². The van der Waals surface area contributed by atoms with Crippen molar-refractivity contribution in [2.24, 2.45) is 0 Å². The first-order valence-electron chi connectivity index (χ1n) is 10.3. The molecule has 1 unspecified atom stereocenters. The predicted octanol–water partition coefficient (Wildman–Crippen LogP) is 2.96. The molecule has 1 amide bonds. The van der Waals surface area contributed by atoms with E-state index < -0.39 is 6.36 Å². The van der Waals surface area contributed by atoms with Crippen molar-refractivity contribution in [3.8, 4) is 5.75 Å². The number of nitrogens with zero attached hydrogens (tertiary/aromatic N) is 2. The first-order chi connectivity index (χ1) is 14.3. The third-order valence-corrected chi connectivity index (χ3v) is 6.48. The van der Waals surface area contributed by atoms with Gasteiger partial charge in [-0.3, -0.25) is 9.69 Å². The number of amides is 1. The zero-order valence-electron chi connectivity index (χ0n) is 17.0. The fraction of sp³-hybridized carbons (Fsp3) is 0.667. The highest BCUT2D eigenvalue weighted by Crippen LogP contribution is 2.45. The number of rotatable bonds is 5. The van der Waals surface area contributed by atoms with Gasteiger partial charge < -0.3 is 19.1 Å². The number of ether oxygens (including phenoxy) is 3. The second-order valence-electron chi connectivity index (χ2n) is 8.24. The number of piperidine rings is 1. The summed E-state index contributed by atoms with van der Waals surface area (Å²) in [7, 11) is 1.59. The molecular weight excluding hydrogens is 401 g/mol. The van der Waals surface area contributed by atoms with Crippen molar-refractivity contribution in [1.29, 1.82) is 0 Å². The molecule has 0 saturated carbocycles. The molecular formula is C21H27F3N2O4. The molecule has 3 aliphatic rings. The number of hydrogen-bond donors (Lipinski definition) is 0. The normalized spacial score (nSPS) is 25.4. The van der Waals surface area contributed by atoms with Crippen LogP contribution in [0.4, 0.5) is 13.2 Å². The SMILES string of the molecule is COC1C(=O)N(C2CCN(Cc3cccc(OC(F)(F)F)c3)CC2)C12CCOCC2. The van der Waals surface area contributed by atoms with Crippen molar-refractivity contribution in [3.05, 3.63) is 29.8 Å². The summed E-state index contributed by atoms with van der Waals surface area (Å²) in [6.07, 6.45) is -1.81. The maximum absolute atomic E-state index is 12.7. The minimum atomic E-state index is -4.69. The molecule has 0 aromatic heterocycles. The van der Waals surface area contributed by atoms with E-state index in [4.69, 9.17) is 9.47 Å². The molecule has 6 nitrogen and oxygen atoms in total. The maximum Gasteiger partial charge on any atom is 0.573 e. The molecule has 1 aromatic carbocycles. The van der Waals surface area contributed by atoms with Gasteiger partial charge in [-0.15, -0.1) is 13.2 Å². The van der Waals surface area contributed by atoms with Crippen LogP contribution in [0.1, 0.15) is 31.2 Å². The largest absolute Gasteiger partial charge is 0.573 e. The van der Waals surface area contributed by atoms with E-state index in [0.717, 1.165) is 44.3 Å². The zero-order valence-corrected chi connectivity index (χ0v) is 17.0. The second kappa shape index (κ2) is 8.36. The number of hydrogen-bond acceptors (Lipinski definition) is 5. The standard InChI is InChI=1S/C21H27F3N2O4/c1-28-18-19(27)26(20(18)7-11-29-12-8-20)16-5-9-25(10-6-16)14-15-3-2-4-17(13-15)30-21(22,23)24/h2-4,13,16,18H,5-12,14H2,1H3. The molecule has 1 atom stereocenters. The lowest BCUT2D eigenvalue weighted by atomic mass is 9.72. The summed E-state index contributed by atoms with van der Waals surface area (Å²) in [5.74, 6) is -0.136. The highest BCUT2D eigenvalue weighted by atomic mass is 19.4. The van der Waals surface area contributed by atoms with Crippen LogP contribution >= 0.6 is 0 Å². The van der Waals surface area contributed by atoms with Crippen molar-refractivity contribution in [1.82, 2.24) is 9.80 Å². The number of likely N-dealkylation sites (tertiary alicyclic amines) is 2. The van der Waals surface area contributed by atoms with Crippen LogP contribution in [-0.4, -0.2) is 73.2 Å². The zero-order chi connectivity index (χ0) is 21.4. The second-order valence-corrected chi connectivity index (χ2v) is 8.24. The molecule has 0 aliphatic carbocycles. The van der Waals surface area contributed by atoms with Crippen LogP contribution in [0.3, 0.4) is 0 Å². The van der Waals surface area contributed by atoms with E-state index in [2.05, 4.69) is 9.64 Å². The van der Waals surface area contributed by atoms with Gasteiger partial charge in [-0.2, -0.15) is 0 Å². The van der Waals surface area contributed by atoms with E-state index in [-0.39, 0.29) is 29.3 Å². The predicted molar refractivity (Wildman–Crippen MR) is 102 cm³/mol. The van der Waals surface area contributed by atoms with Gasteiger partial charge in [-0.05, 0) is 43.4 Å². The van der Waals surface area contributed by atoms with Crippen LogP contribution in [-0.2, 0) is 20.8 Å². The van der Waals surface area contributed by atoms with E-state index in [9.17, 15) is 18.0 Å². The topological polar surface area (TPSA) is 51.2 Å². The fourth-order valence-corrected chi connectivity index (χ4v) is 5.16. The molecule has 3 heterocycles. The van der Waals surface area contributed by atoms with Crippen molar-refractivity contribution in [2.75, 3.05) is 33.4 Å². The Balaban J connectivity index is 1.35. The summed E-state index contributed by atoms with van der Waals surface area (Å²) in [4.78, 5) is 17.0. The summed E-state index contributed by atoms with van der Waals surface area (Å²) < 4.78 is 52.4. The van der Waals surface area contributed by atoms with Gasteiger partial charge >= 0.3 is 6.36 Å². The summed E-state index contributed by atoms with van der Waals surface area (Å²) in [6, 6.07) is 6.27. The highest BCUT2D eigenvalue weighted by molar-refractivity contribution is 5.90. The van der Waals surface area contributed by atoms with Crippen molar-refractivity contribution in [3.63, 3.8) is 0 Å². The Morgan fingerprint density at radius 2 is 1.90 bits per heavy atom. The molecule has 0 N–H and O–H groups in total. The number of carbonyl (C=O) groups excluding carboxylic acids is 1. The van der Waals surface area contributed by atoms with E-state index in [0.29, 0.717) is 19.8 Å². The average Bonchev–Trinajstić information content (AvgIpc) is 2.69. The van der Waals surface area contributed by atoms with Crippen molar-refractivity contribution in [2.45, 2.75) is 56.3 Å². The maximum atomic E-state index is 12.7. The lowest BCUT2D eigenvalue weighted by Crippen LogP contribution is -2.78. The van der Waals surface area contributed by atoms with Crippen LogP contribution in [0.2, 0.25) is 0 Å². The fourth-order valence-electron chi connectivity index (χ4n) is 5.16. The van der Waals surface area contributed by atoms with E-state index >= 15 is 0 Å². The van der Waals surface area contributed by atoms with Crippen molar-refractivity contribution >= 4 is 5.91 Å². The van der Waals surface area contributed by atoms with Gasteiger partial charge in [0, 0.05) is 46.0 Å². The van der Waals surface area contributed by atoms with Gasteiger partial charge in [0.1, 0.15) is 5.75 Å². The third kappa shape index (κ3) is 4.15. The Bertz CT molecular complexity index is 759. The third-order valence-electron chi connectivity index (χ3n) is 6.48. The van der Waals surface area contributed by atoms with Gasteiger partial charge in [0.2, 0.25) is 0 Å². The number of benzene rings is 1. The number of methoxy groups -OCH3 is 1. The van der Waals surface area contributed by atoms with Crippen LogP contribution in [0, 0.1) is 0 Å². The molecule has 1 aromatic rings. The number of β-lactam (4-membered cyclic amide) rings is 1. The molecule has 1 spiro atoms. The molecule has 0 radical (unpaired) electrons. The van der Waals surface area contributed by atoms with Crippen LogP contribution in [0.5, 0.6) is 5.75 Å². The lowest BCUT2D eigenvalue weighted by Gasteiger charge is -2.61. The minimum absolute atomic E-state index is 0.0647. The van der Waals surface area contributed by atoms with Crippen LogP contribution < -0.4 is 4.74 Å². The number of carbonyl (C=O) groups is 1. The smallest absolute Gasteiger partial charge is 0.406 e. The molecule has 3 saturated heterocycles. The number of alkyl halides is 3. The molecule has 9 heteroatoms. The van der Waals surface area contributed by atoms with Gasteiger partial charge in [0.15, 0.2) is 6.10 Å². The number of halogens is 3. The quantitative estimate of drug-likeness (QED) is 0.675. The monoisotopic (exact) mass is 428 g/mol. The van der Waals surface area contributed by atoms with E-state index in [1.165, 1.54) is 12.1 Å². The summed E-state index contributed by atoms with van der Waals surface area (Å²) in [6.45, 7) is 3.39. The molecule has 3 fully saturated rings. The van der Waals surface area contributed by atoms with Crippen LogP contribution in [0.15, 0.2) is 24.3 Å². The first kappa shape index (κ1) is 21.4. The average molecular weight is 428 g/mol. The Morgan fingerprint density at radius 3 is 2.53 bits per heavy atom. The van der Waals surface area contributed by atoms with Gasteiger partial charge in [-0.25, -0.2) is 0 Å². The molecule has 166 valence electrons. The van der Waals surface area contributed by atoms with Gasteiger partial charge in [-0.1, -0.05) is 12.1 Å². The van der Waals surface area contributed by atoms with E-state index in [1.54, 1.807) is 19.2 Å². The van der Waals surface area contributed by atoms with Crippen molar-refractivity contribution < 1.29 is 32.2 Å². The summed E-state index contributed by atoms with van der Waals surface area (Å²) in [5, 5.41) is 0. The summed E-state index contributed by atoms with van der Waals surface area (Å²) in [5.41, 5.74) is 0.524.